The minimum absolute atomic E-state index is 0.311. The number of para-hydroxylation sites is 1. The van der Waals surface area contributed by atoms with Gasteiger partial charge in [0, 0.05) is 17.7 Å². The van der Waals surface area contributed by atoms with E-state index in [4.69, 9.17) is 19.2 Å². The number of carbonyl (C=O) groups is 1. The average molecular weight is 439 g/mol. The molecule has 0 saturated heterocycles. The molecule has 2 heterocycles. The zero-order chi connectivity index (χ0) is 22.0. The Bertz CT molecular complexity index is 1230. The summed E-state index contributed by atoms with van der Waals surface area (Å²) in [5, 5.41) is 8.08. The van der Waals surface area contributed by atoms with Crippen molar-refractivity contribution in [1.82, 2.24) is 14.8 Å². The number of nitrogens with zero attached hydrogens (tertiary/aromatic N) is 3. The summed E-state index contributed by atoms with van der Waals surface area (Å²) in [4.78, 5) is 17.7. The number of nitrogens with one attached hydrogen (secondary N) is 1. The monoisotopic (exact) mass is 438 g/mol. The molecule has 1 amide bonds. The Kier molecular flexibility index (Phi) is 5.77. The fourth-order valence-corrected chi connectivity index (χ4v) is 4.08. The Labute approximate surface area is 183 Å². The third-order valence-electron chi connectivity index (χ3n) is 4.54. The first-order valence-electron chi connectivity index (χ1n) is 9.66. The maximum atomic E-state index is 13.0. The normalized spacial score (nSPS) is 10.8. The number of methoxy groups -OCH3 is 2. The number of carbonyl (C=O) groups excluding carboxylic acids is 1. The van der Waals surface area contributed by atoms with Crippen molar-refractivity contribution >= 4 is 33.3 Å². The molecule has 0 fully saturated rings. The molecule has 0 aliphatic carbocycles. The van der Waals surface area contributed by atoms with Crippen molar-refractivity contribution in [2.75, 3.05) is 26.1 Å². The number of aromatic nitrogens is 3. The first-order chi connectivity index (χ1) is 15.0. The van der Waals surface area contributed by atoms with Crippen molar-refractivity contribution in [3.63, 3.8) is 0 Å². The van der Waals surface area contributed by atoms with E-state index in [1.54, 1.807) is 43.2 Å². The van der Waals surface area contributed by atoms with E-state index in [1.807, 2.05) is 32.0 Å². The standard InChI is InChI=1S/C22H22N4O4S/c1-5-30-17-7-6-8-18-20(17)24-22(31-18)26-19(9-13(2)25-26)23-21(27)14-10-15(28-3)12-16(11-14)29-4/h6-12H,5H2,1-4H3,(H,23,27). The average Bonchev–Trinajstić information content (AvgIpc) is 3.37. The van der Waals surface area contributed by atoms with E-state index in [9.17, 15) is 4.79 Å². The molecular weight excluding hydrogens is 416 g/mol. The summed E-state index contributed by atoms with van der Waals surface area (Å²) in [6.07, 6.45) is 0. The maximum Gasteiger partial charge on any atom is 0.257 e. The SMILES string of the molecule is CCOc1cccc2sc(-n3nc(C)cc3NC(=O)c3cc(OC)cc(OC)c3)nc12. The van der Waals surface area contributed by atoms with Gasteiger partial charge in [0.25, 0.3) is 5.91 Å². The number of rotatable bonds is 7. The zero-order valence-corrected chi connectivity index (χ0v) is 18.4. The molecule has 4 rings (SSSR count). The minimum atomic E-state index is -0.311. The molecule has 0 unspecified atom stereocenters. The van der Waals surface area contributed by atoms with Gasteiger partial charge in [-0.05, 0) is 38.1 Å². The molecule has 0 bridgehead atoms. The zero-order valence-electron chi connectivity index (χ0n) is 17.6. The Morgan fingerprint density at radius 3 is 2.55 bits per heavy atom. The van der Waals surface area contributed by atoms with Crippen LogP contribution in [0.1, 0.15) is 23.0 Å². The number of hydrogen-bond acceptors (Lipinski definition) is 7. The summed E-state index contributed by atoms with van der Waals surface area (Å²) in [5.74, 6) is 1.99. The van der Waals surface area contributed by atoms with Crippen LogP contribution >= 0.6 is 11.3 Å². The van der Waals surface area contributed by atoms with E-state index >= 15 is 0 Å². The van der Waals surface area contributed by atoms with Crippen molar-refractivity contribution in [3.05, 3.63) is 53.7 Å². The van der Waals surface area contributed by atoms with Crippen LogP contribution in [0.3, 0.4) is 0 Å². The lowest BCUT2D eigenvalue weighted by atomic mass is 10.2. The van der Waals surface area contributed by atoms with Gasteiger partial charge in [-0.15, -0.1) is 0 Å². The Hall–Kier alpha value is -3.59. The number of fused-ring (bicyclic) bond motifs is 1. The van der Waals surface area contributed by atoms with Crippen LogP contribution in [0.15, 0.2) is 42.5 Å². The van der Waals surface area contributed by atoms with Crippen LogP contribution in [0.5, 0.6) is 17.2 Å². The number of thiazole rings is 1. The van der Waals surface area contributed by atoms with Gasteiger partial charge in [-0.1, -0.05) is 17.4 Å². The van der Waals surface area contributed by atoms with Crippen molar-refractivity contribution in [3.8, 4) is 22.4 Å². The first-order valence-corrected chi connectivity index (χ1v) is 10.5. The van der Waals surface area contributed by atoms with Gasteiger partial charge >= 0.3 is 0 Å². The number of aryl methyl sites for hydroxylation is 1. The van der Waals surface area contributed by atoms with Crippen molar-refractivity contribution in [2.45, 2.75) is 13.8 Å². The van der Waals surface area contributed by atoms with Gasteiger partial charge in [0.05, 0.1) is 31.2 Å². The summed E-state index contributed by atoms with van der Waals surface area (Å²) >= 11 is 1.47. The predicted molar refractivity (Wildman–Crippen MR) is 120 cm³/mol. The lowest BCUT2D eigenvalue weighted by Gasteiger charge is -2.09. The van der Waals surface area contributed by atoms with E-state index in [-0.39, 0.29) is 5.91 Å². The van der Waals surface area contributed by atoms with E-state index < -0.39 is 0 Å². The Morgan fingerprint density at radius 2 is 1.87 bits per heavy atom. The molecule has 31 heavy (non-hydrogen) atoms. The lowest BCUT2D eigenvalue weighted by molar-refractivity contribution is 0.102. The molecule has 2 aromatic carbocycles. The molecule has 0 atom stereocenters. The first kappa shape index (κ1) is 20.7. The quantitative estimate of drug-likeness (QED) is 0.458. The molecule has 0 saturated carbocycles. The van der Waals surface area contributed by atoms with Gasteiger partial charge in [0.2, 0.25) is 5.13 Å². The highest BCUT2D eigenvalue weighted by Crippen LogP contribution is 2.33. The summed E-state index contributed by atoms with van der Waals surface area (Å²) in [6.45, 7) is 4.35. The third kappa shape index (κ3) is 4.17. The molecule has 2 aromatic heterocycles. The molecule has 4 aromatic rings. The number of amides is 1. The fraction of sp³-hybridized carbons (Fsp3) is 0.227. The van der Waals surface area contributed by atoms with Gasteiger partial charge in [-0.25, -0.2) is 4.98 Å². The van der Waals surface area contributed by atoms with Crippen LogP contribution in [0.25, 0.3) is 15.3 Å². The fourth-order valence-electron chi connectivity index (χ4n) is 3.14. The van der Waals surface area contributed by atoms with Crippen molar-refractivity contribution < 1.29 is 19.0 Å². The lowest BCUT2D eigenvalue weighted by Crippen LogP contribution is -2.15. The number of hydrogen-bond donors (Lipinski definition) is 1. The molecule has 8 nitrogen and oxygen atoms in total. The molecule has 0 aliphatic heterocycles. The molecule has 0 aliphatic rings. The van der Waals surface area contributed by atoms with Crippen LogP contribution in [0.4, 0.5) is 5.82 Å². The second-order valence-electron chi connectivity index (χ2n) is 6.67. The highest BCUT2D eigenvalue weighted by Gasteiger charge is 2.18. The van der Waals surface area contributed by atoms with Gasteiger partial charge in [0.1, 0.15) is 28.6 Å². The smallest absolute Gasteiger partial charge is 0.257 e. The summed E-state index contributed by atoms with van der Waals surface area (Å²) in [7, 11) is 3.08. The van der Waals surface area contributed by atoms with Crippen LogP contribution in [-0.2, 0) is 0 Å². The Morgan fingerprint density at radius 1 is 1.13 bits per heavy atom. The van der Waals surface area contributed by atoms with Gasteiger partial charge in [-0.2, -0.15) is 9.78 Å². The number of anilines is 1. The molecule has 0 spiro atoms. The number of benzene rings is 2. The molecule has 160 valence electrons. The van der Waals surface area contributed by atoms with Crippen molar-refractivity contribution in [1.29, 1.82) is 0 Å². The predicted octanol–water partition coefficient (Wildman–Crippen LogP) is 4.46. The highest BCUT2D eigenvalue weighted by molar-refractivity contribution is 7.20. The summed E-state index contributed by atoms with van der Waals surface area (Å²) in [5.41, 5.74) is 1.93. The second kappa shape index (κ2) is 8.65. The van der Waals surface area contributed by atoms with Crippen LogP contribution in [0, 0.1) is 6.92 Å². The summed E-state index contributed by atoms with van der Waals surface area (Å²) < 4.78 is 18.8. The van der Waals surface area contributed by atoms with E-state index in [0.717, 1.165) is 21.7 Å². The van der Waals surface area contributed by atoms with E-state index in [1.165, 1.54) is 11.3 Å². The molecule has 9 heteroatoms. The van der Waals surface area contributed by atoms with Gasteiger partial charge in [-0.3, -0.25) is 4.79 Å². The maximum absolute atomic E-state index is 13.0. The highest BCUT2D eigenvalue weighted by atomic mass is 32.1. The number of ether oxygens (including phenoxy) is 3. The van der Waals surface area contributed by atoms with Crippen LogP contribution < -0.4 is 19.5 Å². The van der Waals surface area contributed by atoms with Gasteiger partial charge in [0.15, 0.2) is 0 Å². The molecule has 0 radical (unpaired) electrons. The van der Waals surface area contributed by atoms with Crippen LogP contribution in [0.2, 0.25) is 0 Å². The topological polar surface area (TPSA) is 87.5 Å². The van der Waals surface area contributed by atoms with E-state index in [0.29, 0.717) is 34.6 Å². The van der Waals surface area contributed by atoms with Crippen molar-refractivity contribution in [2.24, 2.45) is 0 Å². The second-order valence-corrected chi connectivity index (χ2v) is 7.68. The third-order valence-corrected chi connectivity index (χ3v) is 5.53. The van der Waals surface area contributed by atoms with Gasteiger partial charge < -0.3 is 19.5 Å². The Balaban J connectivity index is 1.69. The molecule has 1 N–H and O–H groups in total. The van der Waals surface area contributed by atoms with E-state index in [2.05, 4.69) is 10.4 Å². The minimum Gasteiger partial charge on any atom is -0.497 e. The molecular formula is C22H22N4O4S. The van der Waals surface area contributed by atoms with Crippen LogP contribution in [-0.4, -0.2) is 41.5 Å². The summed E-state index contributed by atoms with van der Waals surface area (Å²) in [6, 6.07) is 12.6. The largest absolute Gasteiger partial charge is 0.497 e.